The van der Waals surface area contributed by atoms with E-state index in [2.05, 4.69) is 9.80 Å². The summed E-state index contributed by atoms with van der Waals surface area (Å²) in [4.78, 5) is 4.85. The molecule has 0 N–H and O–H groups in total. The van der Waals surface area contributed by atoms with Crippen LogP contribution in [0.3, 0.4) is 0 Å². The number of rotatable bonds is 10. The third-order valence-electron chi connectivity index (χ3n) is 5.82. The van der Waals surface area contributed by atoms with Gasteiger partial charge in [0.25, 0.3) is 0 Å². The fourth-order valence-electron chi connectivity index (χ4n) is 4.16. The van der Waals surface area contributed by atoms with E-state index in [4.69, 9.17) is 28.4 Å². The molecule has 2 aromatic carbocycles. The highest BCUT2D eigenvalue weighted by molar-refractivity contribution is 5.56. The van der Waals surface area contributed by atoms with Gasteiger partial charge in [-0.2, -0.15) is 0 Å². The van der Waals surface area contributed by atoms with E-state index in [1.165, 1.54) is 0 Å². The van der Waals surface area contributed by atoms with Gasteiger partial charge in [0.1, 0.15) is 0 Å². The highest BCUT2D eigenvalue weighted by atomic mass is 16.5. The van der Waals surface area contributed by atoms with Crippen LogP contribution in [0.1, 0.15) is 11.1 Å². The summed E-state index contributed by atoms with van der Waals surface area (Å²) in [5, 5.41) is 0. The third-order valence-corrected chi connectivity index (χ3v) is 5.82. The number of methoxy groups -OCH3 is 6. The first-order valence-electron chi connectivity index (χ1n) is 10.6. The molecule has 1 aliphatic rings. The average Bonchev–Trinajstić information content (AvgIpc) is 2.84. The molecular weight excluding hydrogens is 412 g/mol. The molecule has 1 aliphatic heterocycles. The topological polar surface area (TPSA) is 61.9 Å². The van der Waals surface area contributed by atoms with Crippen LogP contribution in [-0.4, -0.2) is 78.6 Å². The van der Waals surface area contributed by atoms with Gasteiger partial charge in [-0.25, -0.2) is 0 Å². The van der Waals surface area contributed by atoms with Crippen LogP contribution in [0.5, 0.6) is 34.5 Å². The van der Waals surface area contributed by atoms with Crippen molar-refractivity contribution in [2.45, 2.75) is 13.1 Å². The van der Waals surface area contributed by atoms with Crippen LogP contribution in [0.4, 0.5) is 0 Å². The van der Waals surface area contributed by atoms with Crippen LogP contribution in [0.25, 0.3) is 0 Å². The molecule has 0 bridgehead atoms. The van der Waals surface area contributed by atoms with Gasteiger partial charge < -0.3 is 28.4 Å². The number of hydrogen-bond acceptors (Lipinski definition) is 8. The molecule has 3 rings (SSSR count). The maximum Gasteiger partial charge on any atom is 0.203 e. The Morgan fingerprint density at radius 2 is 0.844 bits per heavy atom. The summed E-state index contributed by atoms with van der Waals surface area (Å²) in [5.41, 5.74) is 2.17. The summed E-state index contributed by atoms with van der Waals surface area (Å²) in [6.07, 6.45) is 0. The van der Waals surface area contributed by atoms with Gasteiger partial charge in [-0.3, -0.25) is 9.80 Å². The zero-order valence-electron chi connectivity index (χ0n) is 19.9. The van der Waals surface area contributed by atoms with Crippen molar-refractivity contribution in [3.8, 4) is 34.5 Å². The standard InChI is InChI=1S/C24H34N2O6/c1-27-19-9-7-17(21(29-3)23(19)31-5)15-25-11-13-26(14-12-25)16-18-8-10-20(28-2)24(32-6)22(18)30-4/h7-10H,11-16H2,1-6H3. The molecule has 2 aromatic rings. The summed E-state index contributed by atoms with van der Waals surface area (Å²) < 4.78 is 33.1. The number of ether oxygens (including phenoxy) is 6. The van der Waals surface area contributed by atoms with Gasteiger partial charge in [-0.05, 0) is 12.1 Å². The van der Waals surface area contributed by atoms with Crippen LogP contribution in [0.15, 0.2) is 24.3 Å². The molecule has 0 amide bonds. The van der Waals surface area contributed by atoms with Crippen molar-refractivity contribution in [2.24, 2.45) is 0 Å². The van der Waals surface area contributed by atoms with E-state index in [-0.39, 0.29) is 0 Å². The molecule has 0 radical (unpaired) electrons. The predicted octanol–water partition coefficient (Wildman–Crippen LogP) is 3.06. The number of benzene rings is 2. The first-order chi connectivity index (χ1) is 15.6. The summed E-state index contributed by atoms with van der Waals surface area (Å²) in [5.74, 6) is 4.05. The molecule has 0 saturated carbocycles. The lowest BCUT2D eigenvalue weighted by atomic mass is 10.1. The summed E-state index contributed by atoms with van der Waals surface area (Å²) in [7, 11) is 9.84. The van der Waals surface area contributed by atoms with Crippen molar-refractivity contribution in [1.29, 1.82) is 0 Å². The molecule has 1 saturated heterocycles. The Kier molecular flexibility index (Phi) is 8.30. The van der Waals surface area contributed by atoms with E-state index in [1.54, 1.807) is 42.7 Å². The smallest absolute Gasteiger partial charge is 0.203 e. The second kappa shape index (κ2) is 11.2. The summed E-state index contributed by atoms with van der Waals surface area (Å²) in [6.45, 7) is 5.38. The fourth-order valence-corrected chi connectivity index (χ4v) is 4.16. The Labute approximate surface area is 190 Å². The molecule has 0 atom stereocenters. The van der Waals surface area contributed by atoms with Gasteiger partial charge in [-0.15, -0.1) is 0 Å². The number of piperazine rings is 1. The number of nitrogens with zero attached hydrogens (tertiary/aromatic N) is 2. The van der Waals surface area contributed by atoms with Gasteiger partial charge >= 0.3 is 0 Å². The first-order valence-corrected chi connectivity index (χ1v) is 10.6. The van der Waals surface area contributed by atoms with Crippen molar-refractivity contribution in [3.63, 3.8) is 0 Å². The van der Waals surface area contributed by atoms with Crippen molar-refractivity contribution in [1.82, 2.24) is 9.80 Å². The van der Waals surface area contributed by atoms with Crippen molar-refractivity contribution >= 4 is 0 Å². The van der Waals surface area contributed by atoms with E-state index >= 15 is 0 Å². The molecule has 176 valence electrons. The molecule has 1 heterocycles. The monoisotopic (exact) mass is 446 g/mol. The number of hydrogen-bond donors (Lipinski definition) is 0. The lowest BCUT2D eigenvalue weighted by Crippen LogP contribution is -2.45. The van der Waals surface area contributed by atoms with Crippen molar-refractivity contribution in [3.05, 3.63) is 35.4 Å². The highest BCUT2D eigenvalue weighted by Gasteiger charge is 2.23. The second-order valence-electron chi connectivity index (χ2n) is 7.54. The van der Waals surface area contributed by atoms with Crippen LogP contribution < -0.4 is 28.4 Å². The van der Waals surface area contributed by atoms with Crippen LogP contribution in [-0.2, 0) is 13.1 Å². The third kappa shape index (κ3) is 4.97. The lowest BCUT2D eigenvalue weighted by Gasteiger charge is -2.35. The molecule has 8 nitrogen and oxygen atoms in total. The minimum absolute atomic E-state index is 0.631. The van der Waals surface area contributed by atoms with Crippen LogP contribution >= 0.6 is 0 Å². The first kappa shape index (κ1) is 23.8. The minimum Gasteiger partial charge on any atom is -0.493 e. The molecule has 0 spiro atoms. The summed E-state index contributed by atoms with van der Waals surface area (Å²) >= 11 is 0. The van der Waals surface area contributed by atoms with Crippen LogP contribution in [0.2, 0.25) is 0 Å². The van der Waals surface area contributed by atoms with E-state index in [9.17, 15) is 0 Å². The van der Waals surface area contributed by atoms with Gasteiger partial charge in [0.05, 0.1) is 42.7 Å². The lowest BCUT2D eigenvalue weighted by molar-refractivity contribution is 0.120. The fraction of sp³-hybridized carbons (Fsp3) is 0.500. The Balaban J connectivity index is 1.66. The SMILES string of the molecule is COc1ccc(CN2CCN(Cc3ccc(OC)c(OC)c3OC)CC2)c(OC)c1OC. The Hall–Kier alpha value is -2.84. The molecule has 32 heavy (non-hydrogen) atoms. The maximum atomic E-state index is 5.64. The minimum atomic E-state index is 0.631. The molecule has 0 aliphatic carbocycles. The molecule has 1 fully saturated rings. The largest absolute Gasteiger partial charge is 0.493 e. The zero-order chi connectivity index (χ0) is 23.1. The quantitative estimate of drug-likeness (QED) is 0.552. The molecule has 0 aromatic heterocycles. The molecule has 8 heteroatoms. The van der Waals surface area contributed by atoms with Crippen molar-refractivity contribution < 1.29 is 28.4 Å². The van der Waals surface area contributed by atoms with E-state index in [0.717, 1.165) is 61.9 Å². The second-order valence-corrected chi connectivity index (χ2v) is 7.54. The van der Waals surface area contributed by atoms with Gasteiger partial charge in [-0.1, -0.05) is 12.1 Å². The molecular formula is C24H34N2O6. The van der Waals surface area contributed by atoms with E-state index in [1.807, 2.05) is 24.3 Å². The Bertz CT molecular complexity index is 823. The Morgan fingerprint density at radius 1 is 0.500 bits per heavy atom. The zero-order valence-corrected chi connectivity index (χ0v) is 19.9. The molecule has 0 unspecified atom stereocenters. The van der Waals surface area contributed by atoms with E-state index in [0.29, 0.717) is 23.0 Å². The van der Waals surface area contributed by atoms with Gasteiger partial charge in [0.2, 0.25) is 11.5 Å². The maximum absolute atomic E-state index is 5.64. The van der Waals surface area contributed by atoms with Crippen molar-refractivity contribution in [2.75, 3.05) is 68.8 Å². The van der Waals surface area contributed by atoms with Gasteiger partial charge in [0.15, 0.2) is 23.0 Å². The normalized spacial score (nSPS) is 14.7. The van der Waals surface area contributed by atoms with Gasteiger partial charge in [0, 0.05) is 50.4 Å². The average molecular weight is 447 g/mol. The van der Waals surface area contributed by atoms with Crippen LogP contribution in [0, 0.1) is 0 Å². The summed E-state index contributed by atoms with van der Waals surface area (Å²) in [6, 6.07) is 7.94. The van der Waals surface area contributed by atoms with E-state index < -0.39 is 0 Å². The Morgan fingerprint density at radius 3 is 1.12 bits per heavy atom. The predicted molar refractivity (Wildman–Crippen MR) is 123 cm³/mol. The highest BCUT2D eigenvalue weighted by Crippen LogP contribution is 2.41.